The zero-order valence-electron chi connectivity index (χ0n) is 12.3. The molecule has 0 aromatic carbocycles. The minimum atomic E-state index is -0.885. The first-order valence-corrected chi connectivity index (χ1v) is 8.83. The zero-order chi connectivity index (χ0) is 14.7. The van der Waals surface area contributed by atoms with Crippen LogP contribution in [-0.2, 0) is 11.3 Å². The van der Waals surface area contributed by atoms with Gasteiger partial charge in [-0.25, -0.2) is 4.79 Å². The molecular weight excluding hydrogens is 282 g/mol. The van der Waals surface area contributed by atoms with Crippen molar-refractivity contribution in [1.29, 1.82) is 0 Å². The first-order chi connectivity index (χ1) is 10.2. The predicted molar refractivity (Wildman–Crippen MR) is 86.4 cm³/mol. The quantitative estimate of drug-likeness (QED) is 0.855. The van der Waals surface area contributed by atoms with Crippen molar-refractivity contribution in [2.45, 2.75) is 51.1 Å². The molecule has 0 amide bonds. The lowest BCUT2D eigenvalue weighted by molar-refractivity contribution is -0.131. The van der Waals surface area contributed by atoms with Gasteiger partial charge >= 0.3 is 5.97 Å². The fraction of sp³-hybridized carbons (Fsp3) is 0.588. The Bertz CT molecular complexity index is 521. The third kappa shape index (κ3) is 3.74. The fourth-order valence-electron chi connectivity index (χ4n) is 3.86. The maximum atomic E-state index is 10.6. The molecule has 2 unspecified atom stereocenters. The van der Waals surface area contributed by atoms with Crippen LogP contribution in [0, 0.1) is 5.92 Å². The first kappa shape index (κ1) is 14.8. The molecular formula is C17H23NO2S. The van der Waals surface area contributed by atoms with E-state index in [9.17, 15) is 4.79 Å². The number of hydrogen-bond donors (Lipinski definition) is 1. The molecule has 3 rings (SSSR count). The van der Waals surface area contributed by atoms with E-state index in [2.05, 4.69) is 16.3 Å². The number of aliphatic carboxylic acids is 1. The van der Waals surface area contributed by atoms with Crippen molar-refractivity contribution >= 4 is 23.4 Å². The Balaban J connectivity index is 1.64. The highest BCUT2D eigenvalue weighted by atomic mass is 32.1. The summed E-state index contributed by atoms with van der Waals surface area (Å²) in [4.78, 5) is 14.6. The summed E-state index contributed by atoms with van der Waals surface area (Å²) >= 11 is 1.75. The molecule has 0 bridgehead atoms. The van der Waals surface area contributed by atoms with Crippen LogP contribution >= 0.6 is 11.3 Å². The number of carbonyl (C=O) groups is 1. The van der Waals surface area contributed by atoms with Gasteiger partial charge in [-0.1, -0.05) is 12.8 Å². The summed E-state index contributed by atoms with van der Waals surface area (Å²) in [5, 5.41) is 10.7. The summed E-state index contributed by atoms with van der Waals surface area (Å²) in [6, 6.07) is 2.92. The molecule has 2 aliphatic rings. The van der Waals surface area contributed by atoms with E-state index in [1.807, 2.05) is 0 Å². The van der Waals surface area contributed by atoms with Crippen LogP contribution in [-0.4, -0.2) is 28.6 Å². The van der Waals surface area contributed by atoms with Crippen molar-refractivity contribution in [2.75, 3.05) is 6.54 Å². The number of nitrogens with zero attached hydrogens (tertiary/aromatic N) is 1. The van der Waals surface area contributed by atoms with Crippen LogP contribution in [0.25, 0.3) is 6.08 Å². The van der Waals surface area contributed by atoms with Crippen LogP contribution < -0.4 is 0 Å². The molecule has 1 aromatic heterocycles. The molecule has 114 valence electrons. The summed E-state index contributed by atoms with van der Waals surface area (Å²) in [5.41, 5.74) is 1.01. The number of hydrogen-bond acceptors (Lipinski definition) is 3. The Kier molecular flexibility index (Phi) is 4.76. The van der Waals surface area contributed by atoms with E-state index in [1.54, 1.807) is 17.4 Å². The van der Waals surface area contributed by atoms with Crippen LogP contribution in [0.15, 0.2) is 17.5 Å². The molecule has 1 aliphatic heterocycles. The minimum absolute atomic E-state index is 0.785. The lowest BCUT2D eigenvalue weighted by Crippen LogP contribution is -2.46. The summed E-state index contributed by atoms with van der Waals surface area (Å²) in [6.45, 7) is 2.26. The summed E-state index contributed by atoms with van der Waals surface area (Å²) in [7, 11) is 0. The van der Waals surface area contributed by atoms with E-state index >= 15 is 0 Å². The first-order valence-electron chi connectivity index (χ1n) is 7.95. The van der Waals surface area contributed by atoms with Crippen LogP contribution in [0.4, 0.5) is 0 Å². The van der Waals surface area contributed by atoms with E-state index in [1.165, 1.54) is 56.0 Å². The molecule has 1 saturated heterocycles. The molecule has 0 radical (unpaired) electrons. The number of carboxylic acid groups (broad SMARTS) is 1. The van der Waals surface area contributed by atoms with Gasteiger partial charge in [0.25, 0.3) is 0 Å². The maximum absolute atomic E-state index is 10.6. The number of fused-ring (bicyclic) bond motifs is 1. The van der Waals surface area contributed by atoms with Gasteiger partial charge in [-0.3, -0.25) is 4.90 Å². The van der Waals surface area contributed by atoms with Crippen molar-refractivity contribution in [1.82, 2.24) is 4.90 Å². The van der Waals surface area contributed by atoms with Gasteiger partial charge in [-0.15, -0.1) is 11.3 Å². The molecule has 1 saturated carbocycles. The highest BCUT2D eigenvalue weighted by Gasteiger charge is 2.33. The van der Waals surface area contributed by atoms with Gasteiger partial charge in [0, 0.05) is 23.5 Å². The molecule has 2 fully saturated rings. The zero-order valence-corrected chi connectivity index (χ0v) is 13.1. The number of likely N-dealkylation sites (tertiary alicyclic amines) is 1. The van der Waals surface area contributed by atoms with Crippen LogP contribution in [0.2, 0.25) is 0 Å². The molecule has 1 aliphatic carbocycles. The van der Waals surface area contributed by atoms with Crippen LogP contribution in [0.1, 0.15) is 49.0 Å². The smallest absolute Gasteiger partial charge is 0.328 e. The molecule has 1 N–H and O–H groups in total. The van der Waals surface area contributed by atoms with E-state index in [4.69, 9.17) is 5.11 Å². The molecule has 2 heterocycles. The topological polar surface area (TPSA) is 40.5 Å². The number of carboxylic acids is 1. The molecule has 3 nitrogen and oxygen atoms in total. The second-order valence-corrected chi connectivity index (χ2v) is 7.24. The Hall–Kier alpha value is -1.13. The van der Waals surface area contributed by atoms with Gasteiger partial charge in [-0.2, -0.15) is 0 Å². The van der Waals surface area contributed by atoms with E-state index in [-0.39, 0.29) is 0 Å². The highest BCUT2D eigenvalue weighted by molar-refractivity contribution is 7.10. The molecule has 1 aromatic rings. The van der Waals surface area contributed by atoms with Crippen LogP contribution in [0.3, 0.4) is 0 Å². The van der Waals surface area contributed by atoms with Crippen molar-refractivity contribution in [3.05, 3.63) is 28.0 Å². The summed E-state index contributed by atoms with van der Waals surface area (Å²) < 4.78 is 0. The van der Waals surface area contributed by atoms with Gasteiger partial charge in [0.1, 0.15) is 0 Å². The summed E-state index contributed by atoms with van der Waals surface area (Å²) in [6.07, 6.45) is 11.2. The number of thiophene rings is 1. The van der Waals surface area contributed by atoms with Crippen molar-refractivity contribution in [3.63, 3.8) is 0 Å². The van der Waals surface area contributed by atoms with Crippen molar-refractivity contribution in [2.24, 2.45) is 5.92 Å². The average Bonchev–Trinajstić information content (AvgIpc) is 2.93. The SMILES string of the molecule is O=C(O)C=Cc1csc(CN2CCCC3CCCCC32)c1. The van der Waals surface area contributed by atoms with E-state index in [0.29, 0.717) is 0 Å². The van der Waals surface area contributed by atoms with Crippen molar-refractivity contribution in [3.8, 4) is 0 Å². The van der Waals surface area contributed by atoms with Gasteiger partial charge in [0.15, 0.2) is 0 Å². The monoisotopic (exact) mass is 305 g/mol. The third-order valence-electron chi connectivity index (χ3n) is 4.81. The molecule has 2 atom stereocenters. The number of piperidine rings is 1. The third-order valence-corrected chi connectivity index (χ3v) is 5.75. The summed E-state index contributed by atoms with van der Waals surface area (Å²) in [5.74, 6) is 0.0302. The number of rotatable bonds is 4. The van der Waals surface area contributed by atoms with Crippen LogP contribution in [0.5, 0.6) is 0 Å². The minimum Gasteiger partial charge on any atom is -0.478 e. The second kappa shape index (κ2) is 6.75. The van der Waals surface area contributed by atoms with Gasteiger partial charge in [-0.05, 0) is 61.2 Å². The van der Waals surface area contributed by atoms with Gasteiger partial charge in [0.05, 0.1) is 0 Å². The second-order valence-electron chi connectivity index (χ2n) is 6.24. The standard InChI is InChI=1S/C17H23NO2S/c19-17(20)8-7-13-10-15(21-12-13)11-18-9-3-5-14-4-1-2-6-16(14)18/h7-8,10,12,14,16H,1-6,9,11H2,(H,19,20). The maximum Gasteiger partial charge on any atom is 0.328 e. The highest BCUT2D eigenvalue weighted by Crippen LogP contribution is 2.36. The Labute approximate surface area is 130 Å². The lowest BCUT2D eigenvalue weighted by atomic mass is 9.78. The largest absolute Gasteiger partial charge is 0.478 e. The Morgan fingerprint density at radius 2 is 2.14 bits per heavy atom. The fourth-order valence-corrected chi connectivity index (χ4v) is 4.74. The predicted octanol–water partition coefficient (Wildman–Crippen LogP) is 4.00. The van der Waals surface area contributed by atoms with Gasteiger partial charge in [0.2, 0.25) is 0 Å². The van der Waals surface area contributed by atoms with E-state index in [0.717, 1.165) is 24.1 Å². The Morgan fingerprint density at radius 1 is 1.33 bits per heavy atom. The lowest BCUT2D eigenvalue weighted by Gasteiger charge is -2.44. The normalized spacial score (nSPS) is 26.9. The molecule has 0 spiro atoms. The van der Waals surface area contributed by atoms with E-state index < -0.39 is 5.97 Å². The van der Waals surface area contributed by atoms with Gasteiger partial charge < -0.3 is 5.11 Å². The molecule has 21 heavy (non-hydrogen) atoms. The average molecular weight is 305 g/mol. The van der Waals surface area contributed by atoms with Crippen molar-refractivity contribution < 1.29 is 9.90 Å². The molecule has 4 heteroatoms. The Morgan fingerprint density at radius 3 is 3.00 bits per heavy atom.